The van der Waals surface area contributed by atoms with Crippen molar-refractivity contribution in [3.05, 3.63) is 22.4 Å². The van der Waals surface area contributed by atoms with E-state index < -0.39 is 0 Å². The zero-order valence-electron chi connectivity index (χ0n) is 16.4. The number of nitrogens with zero attached hydrogens (tertiary/aromatic N) is 2. The first-order chi connectivity index (χ1) is 13.6. The number of fused-ring (bicyclic) bond motifs is 1. The van der Waals surface area contributed by atoms with Crippen LogP contribution in [-0.4, -0.2) is 73.5 Å². The van der Waals surface area contributed by atoms with Crippen molar-refractivity contribution in [2.45, 2.75) is 38.1 Å². The van der Waals surface area contributed by atoms with Crippen LogP contribution in [0, 0.1) is 5.92 Å². The highest BCUT2D eigenvalue weighted by Crippen LogP contribution is 2.29. The summed E-state index contributed by atoms with van der Waals surface area (Å²) >= 11 is 1.57. The van der Waals surface area contributed by atoms with E-state index in [1.807, 2.05) is 16.8 Å². The van der Waals surface area contributed by atoms with Gasteiger partial charge in [-0.3, -0.25) is 14.4 Å². The normalized spacial score (nSPS) is 23.7. The third kappa shape index (κ3) is 5.11. The molecule has 1 aromatic rings. The lowest BCUT2D eigenvalue weighted by atomic mass is 9.82. The monoisotopic (exact) mass is 407 g/mol. The van der Waals surface area contributed by atoms with Crippen LogP contribution in [0.3, 0.4) is 0 Å². The number of methoxy groups -OCH3 is 1. The van der Waals surface area contributed by atoms with Gasteiger partial charge in [-0.15, -0.1) is 0 Å². The number of nitrogens with one attached hydrogen (secondary N) is 1. The molecule has 8 heteroatoms. The van der Waals surface area contributed by atoms with E-state index in [1.54, 1.807) is 21.1 Å². The first-order valence-electron chi connectivity index (χ1n) is 9.95. The summed E-state index contributed by atoms with van der Waals surface area (Å²) in [5.41, 5.74) is 0.996. The second-order valence-electron chi connectivity index (χ2n) is 7.46. The molecule has 3 rings (SSSR count). The van der Waals surface area contributed by atoms with Crippen LogP contribution in [-0.2, 0) is 25.5 Å². The Kier molecular flexibility index (Phi) is 7.44. The Balaban J connectivity index is 1.76. The summed E-state index contributed by atoms with van der Waals surface area (Å²) in [5, 5.41) is 6.92. The molecule has 2 unspecified atom stereocenters. The largest absolute Gasteiger partial charge is 0.375 e. The maximum atomic E-state index is 12.8. The van der Waals surface area contributed by atoms with E-state index in [-0.39, 0.29) is 36.3 Å². The molecule has 0 spiro atoms. The molecule has 1 aromatic heterocycles. The molecule has 1 saturated carbocycles. The molecule has 2 heterocycles. The minimum atomic E-state index is -0.178. The number of thiophene rings is 1. The van der Waals surface area contributed by atoms with Gasteiger partial charge in [0.25, 0.3) is 0 Å². The van der Waals surface area contributed by atoms with E-state index in [0.29, 0.717) is 32.6 Å². The predicted molar refractivity (Wildman–Crippen MR) is 107 cm³/mol. The Labute approximate surface area is 170 Å². The Bertz CT molecular complexity index is 679. The maximum Gasteiger partial charge on any atom is 0.248 e. The molecule has 1 N–H and O–H groups in total. The Hall–Kier alpha value is -1.93. The van der Waals surface area contributed by atoms with Gasteiger partial charge in [-0.25, -0.2) is 0 Å². The maximum absolute atomic E-state index is 12.8. The van der Waals surface area contributed by atoms with Crippen molar-refractivity contribution < 1.29 is 19.1 Å². The summed E-state index contributed by atoms with van der Waals surface area (Å²) in [6, 6.07) is 1.83. The van der Waals surface area contributed by atoms with Gasteiger partial charge < -0.3 is 19.9 Å². The topological polar surface area (TPSA) is 79.0 Å². The van der Waals surface area contributed by atoms with E-state index in [1.165, 1.54) is 7.11 Å². The molecule has 2 atom stereocenters. The first kappa shape index (κ1) is 20.8. The average molecular weight is 408 g/mol. The molecule has 2 aliphatic rings. The Morgan fingerprint density at radius 3 is 2.79 bits per heavy atom. The molecule has 7 nitrogen and oxygen atoms in total. The number of hydrogen-bond acceptors (Lipinski definition) is 5. The number of hydrogen-bond donors (Lipinski definition) is 1. The summed E-state index contributed by atoms with van der Waals surface area (Å²) in [6.45, 7) is 1.80. The van der Waals surface area contributed by atoms with Gasteiger partial charge in [0.2, 0.25) is 17.7 Å². The lowest BCUT2D eigenvalue weighted by Crippen LogP contribution is -2.56. The zero-order valence-corrected chi connectivity index (χ0v) is 17.2. The van der Waals surface area contributed by atoms with Gasteiger partial charge in [-0.1, -0.05) is 12.8 Å². The van der Waals surface area contributed by atoms with Gasteiger partial charge in [0, 0.05) is 39.3 Å². The highest BCUT2D eigenvalue weighted by atomic mass is 32.1. The summed E-state index contributed by atoms with van der Waals surface area (Å²) < 4.78 is 5.06. The molecule has 28 heavy (non-hydrogen) atoms. The third-order valence-corrected chi connectivity index (χ3v) is 6.37. The van der Waals surface area contributed by atoms with Crippen LogP contribution in [0.2, 0.25) is 0 Å². The second kappa shape index (κ2) is 10.0. The van der Waals surface area contributed by atoms with E-state index in [2.05, 4.69) is 5.32 Å². The third-order valence-electron chi connectivity index (χ3n) is 5.63. The number of rotatable bonds is 4. The minimum Gasteiger partial charge on any atom is -0.375 e. The molecular weight excluding hydrogens is 378 g/mol. The number of amides is 3. The van der Waals surface area contributed by atoms with Crippen molar-refractivity contribution in [2.75, 3.05) is 39.9 Å². The van der Waals surface area contributed by atoms with Crippen molar-refractivity contribution in [1.29, 1.82) is 0 Å². The highest BCUT2D eigenvalue weighted by molar-refractivity contribution is 7.08. The van der Waals surface area contributed by atoms with Crippen LogP contribution in [0.5, 0.6) is 0 Å². The molecule has 3 amide bonds. The summed E-state index contributed by atoms with van der Waals surface area (Å²) in [6.07, 6.45) is 3.97. The first-order valence-corrected chi connectivity index (χ1v) is 10.9. The Morgan fingerprint density at radius 1 is 1.21 bits per heavy atom. The van der Waals surface area contributed by atoms with Crippen molar-refractivity contribution in [1.82, 2.24) is 15.1 Å². The van der Waals surface area contributed by atoms with Crippen LogP contribution in [0.25, 0.3) is 0 Å². The minimum absolute atomic E-state index is 0.00626. The second-order valence-corrected chi connectivity index (χ2v) is 8.24. The summed E-state index contributed by atoms with van der Waals surface area (Å²) in [5.74, 6) is -0.278. The van der Waals surface area contributed by atoms with Crippen molar-refractivity contribution in [3.8, 4) is 0 Å². The molecule has 154 valence electrons. The van der Waals surface area contributed by atoms with Crippen LogP contribution in [0.1, 0.15) is 31.2 Å². The van der Waals surface area contributed by atoms with E-state index in [4.69, 9.17) is 4.74 Å². The van der Waals surface area contributed by atoms with Crippen LogP contribution in [0.15, 0.2) is 16.8 Å². The molecule has 2 fully saturated rings. The zero-order chi connectivity index (χ0) is 19.9. The molecule has 0 radical (unpaired) electrons. The smallest absolute Gasteiger partial charge is 0.248 e. The standard InChI is InChI=1S/C20H29N3O4S/c1-27-13-19(25)23-10-9-22(18(24)12-15-6-11-28-14-15)8-7-21-20(26)16-4-2-3-5-17(16)23/h6,11,14,16-17H,2-5,7-10,12-13H2,1H3,(H,21,26). The van der Waals surface area contributed by atoms with Gasteiger partial charge >= 0.3 is 0 Å². The number of carbonyl (C=O) groups is 3. The van der Waals surface area contributed by atoms with E-state index in [9.17, 15) is 14.4 Å². The van der Waals surface area contributed by atoms with Gasteiger partial charge in [0.1, 0.15) is 6.61 Å². The number of ether oxygens (including phenoxy) is 1. The molecule has 1 saturated heterocycles. The quantitative estimate of drug-likeness (QED) is 0.816. The Morgan fingerprint density at radius 2 is 2.04 bits per heavy atom. The molecule has 0 bridgehead atoms. The fourth-order valence-electron chi connectivity index (χ4n) is 4.19. The SMILES string of the molecule is COCC(=O)N1CCN(C(=O)Cc2ccsc2)CCNC(=O)C2CCCCC21. The molecule has 1 aliphatic carbocycles. The van der Waals surface area contributed by atoms with Crippen LogP contribution in [0.4, 0.5) is 0 Å². The van der Waals surface area contributed by atoms with E-state index >= 15 is 0 Å². The molecule has 0 aromatic carbocycles. The summed E-state index contributed by atoms with van der Waals surface area (Å²) in [4.78, 5) is 41.8. The van der Waals surface area contributed by atoms with E-state index in [0.717, 1.165) is 31.2 Å². The van der Waals surface area contributed by atoms with Gasteiger partial charge in [-0.2, -0.15) is 11.3 Å². The van der Waals surface area contributed by atoms with Crippen LogP contribution >= 0.6 is 11.3 Å². The number of carbonyl (C=O) groups excluding carboxylic acids is 3. The van der Waals surface area contributed by atoms with Gasteiger partial charge in [0.15, 0.2) is 0 Å². The van der Waals surface area contributed by atoms with Crippen LogP contribution < -0.4 is 5.32 Å². The lowest BCUT2D eigenvalue weighted by molar-refractivity contribution is -0.144. The van der Waals surface area contributed by atoms with Gasteiger partial charge in [0.05, 0.1) is 12.3 Å². The summed E-state index contributed by atoms with van der Waals surface area (Å²) in [7, 11) is 1.50. The fraction of sp³-hybridized carbons (Fsp3) is 0.650. The predicted octanol–water partition coefficient (Wildman–Crippen LogP) is 1.28. The molecular formula is C20H29N3O4S. The van der Waals surface area contributed by atoms with Gasteiger partial charge in [-0.05, 0) is 35.2 Å². The lowest BCUT2D eigenvalue weighted by Gasteiger charge is -2.41. The fourth-order valence-corrected chi connectivity index (χ4v) is 4.86. The highest BCUT2D eigenvalue weighted by Gasteiger charge is 2.37. The van der Waals surface area contributed by atoms with Crippen molar-refractivity contribution in [3.63, 3.8) is 0 Å². The van der Waals surface area contributed by atoms with Crippen molar-refractivity contribution in [2.24, 2.45) is 5.92 Å². The van der Waals surface area contributed by atoms with Crippen molar-refractivity contribution >= 4 is 29.1 Å². The molecule has 1 aliphatic heterocycles. The average Bonchev–Trinajstić information content (AvgIpc) is 3.20.